The lowest BCUT2D eigenvalue weighted by molar-refractivity contribution is -0.114. The molecule has 26 heavy (non-hydrogen) atoms. The fourth-order valence-corrected chi connectivity index (χ4v) is 2.67. The molecule has 0 radical (unpaired) electrons. The summed E-state index contributed by atoms with van der Waals surface area (Å²) in [7, 11) is 0. The van der Waals surface area contributed by atoms with Gasteiger partial charge in [0.25, 0.3) is 0 Å². The van der Waals surface area contributed by atoms with Gasteiger partial charge in [-0.05, 0) is 42.5 Å². The summed E-state index contributed by atoms with van der Waals surface area (Å²) in [5, 5.41) is 10.1. The summed E-state index contributed by atoms with van der Waals surface area (Å²) in [6.07, 6.45) is 1.44. The Kier molecular flexibility index (Phi) is 5.55. The first-order chi connectivity index (χ1) is 12.5. The maximum Gasteiger partial charge on any atom is 0.221 e. The molecule has 1 heterocycles. The summed E-state index contributed by atoms with van der Waals surface area (Å²) in [4.78, 5) is 19.4. The van der Waals surface area contributed by atoms with E-state index in [1.54, 1.807) is 36.4 Å². The quantitative estimate of drug-likeness (QED) is 0.558. The molecule has 1 amide bonds. The Labute approximate surface area is 160 Å². The lowest BCUT2D eigenvalue weighted by atomic mass is 10.2. The van der Waals surface area contributed by atoms with Crippen LogP contribution in [0.1, 0.15) is 6.92 Å². The third kappa shape index (κ3) is 4.84. The number of rotatable bonds is 5. The number of benzene rings is 2. The smallest absolute Gasteiger partial charge is 0.221 e. The van der Waals surface area contributed by atoms with Crippen molar-refractivity contribution in [1.29, 1.82) is 0 Å². The number of hydrogen-bond acceptors (Lipinski definition) is 5. The molecule has 0 aliphatic rings. The van der Waals surface area contributed by atoms with E-state index in [1.807, 2.05) is 12.1 Å². The summed E-state index contributed by atoms with van der Waals surface area (Å²) < 4.78 is 0. The van der Waals surface area contributed by atoms with Crippen molar-refractivity contribution < 1.29 is 4.79 Å². The van der Waals surface area contributed by atoms with E-state index in [9.17, 15) is 4.79 Å². The fraction of sp³-hybridized carbons (Fsp3) is 0.0556. The summed E-state index contributed by atoms with van der Waals surface area (Å²) in [5.74, 6) is 1.08. The number of halogens is 2. The molecule has 0 bridgehead atoms. The molecule has 0 fully saturated rings. The second-order valence-electron chi connectivity index (χ2n) is 5.42. The Bertz CT molecular complexity index is 931. The summed E-state index contributed by atoms with van der Waals surface area (Å²) in [6.45, 7) is 1.47. The number of nitrogens with one attached hydrogen (secondary N) is 3. The first kappa shape index (κ1) is 18.0. The molecule has 6 nitrogen and oxygen atoms in total. The monoisotopic (exact) mass is 387 g/mol. The lowest BCUT2D eigenvalue weighted by Crippen LogP contribution is -2.05. The van der Waals surface area contributed by atoms with E-state index < -0.39 is 0 Å². The van der Waals surface area contributed by atoms with E-state index in [4.69, 9.17) is 23.2 Å². The summed E-state index contributed by atoms with van der Waals surface area (Å²) >= 11 is 12.1. The molecule has 132 valence electrons. The molecule has 1 aromatic heterocycles. The molecule has 3 aromatic rings. The van der Waals surface area contributed by atoms with Crippen molar-refractivity contribution in [3.8, 4) is 0 Å². The molecule has 0 aliphatic carbocycles. The van der Waals surface area contributed by atoms with Crippen LogP contribution in [0.25, 0.3) is 0 Å². The van der Waals surface area contributed by atoms with Crippen molar-refractivity contribution in [2.24, 2.45) is 0 Å². The highest BCUT2D eigenvalue weighted by molar-refractivity contribution is 6.36. The standard InChI is InChI=1S/C18H15Cl2N5O/c1-11(26)23-13-3-5-14(6-4-13)24-17-9-18(22-10-21-17)25-16-7-2-12(19)8-15(16)20/h2-10H,1H3,(H,23,26)(H2,21,22,24,25). The van der Waals surface area contributed by atoms with Gasteiger partial charge in [-0.1, -0.05) is 23.2 Å². The van der Waals surface area contributed by atoms with Crippen LogP contribution in [-0.4, -0.2) is 15.9 Å². The van der Waals surface area contributed by atoms with Crippen LogP contribution < -0.4 is 16.0 Å². The molecular formula is C18H15Cl2N5O. The molecule has 2 aromatic carbocycles. The van der Waals surface area contributed by atoms with E-state index in [1.165, 1.54) is 13.3 Å². The highest BCUT2D eigenvalue weighted by Gasteiger charge is 2.05. The summed E-state index contributed by atoms with van der Waals surface area (Å²) in [5.41, 5.74) is 2.25. The number of nitrogens with zero attached hydrogens (tertiary/aromatic N) is 2. The predicted octanol–water partition coefficient (Wildman–Crippen LogP) is 5.23. The number of hydrogen-bond donors (Lipinski definition) is 3. The van der Waals surface area contributed by atoms with Gasteiger partial charge in [-0.2, -0.15) is 0 Å². The van der Waals surface area contributed by atoms with Gasteiger partial charge >= 0.3 is 0 Å². The molecule has 8 heteroatoms. The third-order valence-electron chi connectivity index (χ3n) is 3.34. The predicted molar refractivity (Wildman–Crippen MR) is 106 cm³/mol. The Morgan fingerprint density at radius 3 is 2.19 bits per heavy atom. The minimum Gasteiger partial charge on any atom is -0.340 e. The van der Waals surface area contributed by atoms with E-state index in [2.05, 4.69) is 25.9 Å². The largest absolute Gasteiger partial charge is 0.340 e. The second-order valence-corrected chi connectivity index (χ2v) is 6.26. The number of amides is 1. The fourth-order valence-electron chi connectivity index (χ4n) is 2.21. The van der Waals surface area contributed by atoms with E-state index in [-0.39, 0.29) is 5.91 Å². The average molecular weight is 388 g/mol. The van der Waals surface area contributed by atoms with Crippen molar-refractivity contribution in [3.05, 3.63) is 64.9 Å². The minimum atomic E-state index is -0.113. The van der Waals surface area contributed by atoms with Crippen molar-refractivity contribution >= 4 is 57.8 Å². The molecule has 0 atom stereocenters. The van der Waals surface area contributed by atoms with Gasteiger partial charge < -0.3 is 16.0 Å². The van der Waals surface area contributed by atoms with Gasteiger partial charge in [0.15, 0.2) is 0 Å². The zero-order chi connectivity index (χ0) is 18.5. The van der Waals surface area contributed by atoms with Crippen molar-refractivity contribution in [1.82, 2.24) is 9.97 Å². The second kappa shape index (κ2) is 8.03. The van der Waals surface area contributed by atoms with Crippen molar-refractivity contribution in [3.63, 3.8) is 0 Å². The molecule has 3 rings (SSSR count). The van der Waals surface area contributed by atoms with Crippen LogP contribution in [0.2, 0.25) is 10.0 Å². The molecule has 0 unspecified atom stereocenters. The first-order valence-corrected chi connectivity index (χ1v) is 8.44. The molecule has 3 N–H and O–H groups in total. The first-order valence-electron chi connectivity index (χ1n) is 7.68. The van der Waals surface area contributed by atoms with Crippen molar-refractivity contribution in [2.45, 2.75) is 6.92 Å². The van der Waals surface area contributed by atoms with E-state index in [0.29, 0.717) is 27.4 Å². The van der Waals surface area contributed by atoms with E-state index in [0.717, 1.165) is 11.4 Å². The van der Waals surface area contributed by atoms with Gasteiger partial charge in [0.05, 0.1) is 10.7 Å². The third-order valence-corrected chi connectivity index (χ3v) is 3.89. The summed E-state index contributed by atoms with van der Waals surface area (Å²) in [6, 6.07) is 14.2. The highest BCUT2D eigenvalue weighted by Crippen LogP contribution is 2.28. The highest BCUT2D eigenvalue weighted by atomic mass is 35.5. The Morgan fingerprint density at radius 1 is 0.885 bits per heavy atom. The van der Waals surface area contributed by atoms with Crippen LogP contribution in [0.5, 0.6) is 0 Å². The zero-order valence-corrected chi connectivity index (χ0v) is 15.3. The molecule has 0 saturated heterocycles. The number of aromatic nitrogens is 2. The number of anilines is 5. The van der Waals surface area contributed by atoms with Gasteiger partial charge in [-0.25, -0.2) is 9.97 Å². The van der Waals surface area contributed by atoms with E-state index >= 15 is 0 Å². The van der Waals surface area contributed by atoms with Gasteiger partial charge in [0.2, 0.25) is 5.91 Å². The molecule has 0 aliphatic heterocycles. The van der Waals surface area contributed by atoms with Gasteiger partial charge in [0.1, 0.15) is 18.0 Å². The number of carbonyl (C=O) groups is 1. The van der Waals surface area contributed by atoms with Crippen molar-refractivity contribution in [2.75, 3.05) is 16.0 Å². The van der Waals surface area contributed by atoms with Gasteiger partial charge in [-0.3, -0.25) is 4.79 Å². The Balaban J connectivity index is 1.72. The topological polar surface area (TPSA) is 78.9 Å². The van der Waals surface area contributed by atoms with Crippen LogP contribution >= 0.6 is 23.2 Å². The van der Waals surface area contributed by atoms with Crippen LogP contribution in [-0.2, 0) is 4.79 Å². The van der Waals surface area contributed by atoms with Crippen LogP contribution in [0.15, 0.2) is 54.9 Å². The van der Waals surface area contributed by atoms with Gasteiger partial charge in [0, 0.05) is 29.4 Å². The maximum atomic E-state index is 11.1. The van der Waals surface area contributed by atoms with Crippen LogP contribution in [0, 0.1) is 0 Å². The average Bonchev–Trinajstić information content (AvgIpc) is 2.59. The normalized spacial score (nSPS) is 10.3. The maximum absolute atomic E-state index is 11.1. The van der Waals surface area contributed by atoms with Crippen LogP contribution in [0.4, 0.5) is 28.7 Å². The molecular weight excluding hydrogens is 373 g/mol. The SMILES string of the molecule is CC(=O)Nc1ccc(Nc2cc(Nc3ccc(Cl)cc3Cl)ncn2)cc1. The molecule has 0 spiro atoms. The Hall–Kier alpha value is -2.83. The van der Waals surface area contributed by atoms with Gasteiger partial charge in [-0.15, -0.1) is 0 Å². The van der Waals surface area contributed by atoms with Crippen LogP contribution in [0.3, 0.4) is 0 Å². The zero-order valence-electron chi connectivity index (χ0n) is 13.8. The molecule has 0 saturated carbocycles. The Morgan fingerprint density at radius 2 is 1.54 bits per heavy atom. The number of carbonyl (C=O) groups excluding carboxylic acids is 1. The lowest BCUT2D eigenvalue weighted by Gasteiger charge is -2.10. The minimum absolute atomic E-state index is 0.113.